The van der Waals surface area contributed by atoms with Crippen molar-refractivity contribution in [2.45, 2.75) is 19.3 Å². The minimum atomic E-state index is -0.0612. The normalized spacial score (nSPS) is 13.1. The van der Waals surface area contributed by atoms with Crippen LogP contribution < -0.4 is 0 Å². The number of para-hydroxylation sites is 1. The highest BCUT2D eigenvalue weighted by Gasteiger charge is 2.35. The first kappa shape index (κ1) is 30.6. The Kier molecular flexibility index (Phi) is 6.53. The van der Waals surface area contributed by atoms with Crippen molar-refractivity contribution in [2.75, 3.05) is 0 Å². The Morgan fingerprint density at radius 3 is 1.94 bits per heavy atom. The smallest absolute Gasteiger partial charge is 0.164 e. The van der Waals surface area contributed by atoms with Gasteiger partial charge in [-0.05, 0) is 97.9 Å². The molecule has 54 heavy (non-hydrogen) atoms. The van der Waals surface area contributed by atoms with Crippen molar-refractivity contribution in [1.82, 2.24) is 19.9 Å². The van der Waals surface area contributed by atoms with Gasteiger partial charge in [0.05, 0.1) is 0 Å². The Morgan fingerprint density at radius 2 is 1.09 bits per heavy atom. The van der Waals surface area contributed by atoms with E-state index < -0.39 is 0 Å². The van der Waals surface area contributed by atoms with E-state index in [-0.39, 0.29) is 5.41 Å². The molecule has 0 atom stereocenters. The maximum atomic E-state index is 6.29. The molecule has 3 aromatic heterocycles. The van der Waals surface area contributed by atoms with E-state index in [2.05, 4.69) is 128 Å². The molecule has 0 saturated heterocycles. The molecule has 0 N–H and O–H groups in total. The Balaban J connectivity index is 1.11. The summed E-state index contributed by atoms with van der Waals surface area (Å²) in [5.41, 5.74) is 11.7. The van der Waals surface area contributed by atoms with Gasteiger partial charge in [0.15, 0.2) is 17.5 Å². The summed E-state index contributed by atoms with van der Waals surface area (Å²) in [6.45, 7) is 4.66. The highest BCUT2D eigenvalue weighted by Crippen LogP contribution is 2.50. The summed E-state index contributed by atoms with van der Waals surface area (Å²) in [4.78, 5) is 19.8. The number of hydrogen-bond acceptors (Lipinski definition) is 5. The van der Waals surface area contributed by atoms with Crippen molar-refractivity contribution in [2.24, 2.45) is 0 Å². The van der Waals surface area contributed by atoms with Gasteiger partial charge in [-0.1, -0.05) is 111 Å². The second kappa shape index (κ2) is 11.5. The standard InChI is InChI=1S/C49H32N4O/c1-49(2)42-14-5-3-12-36(42)41-27-40-31(25-43(41)49)18-16-29-17-19-33(24-39(29)40)47-51-46(32-10-7-9-30(23-32)35-11-8-22-50-28-35)52-48(53-47)34-20-21-38-37-13-4-6-15-44(37)54-45(38)26-34/h3-28H,1-2H3. The van der Waals surface area contributed by atoms with E-state index in [1.165, 1.54) is 43.8 Å². The molecule has 3 heterocycles. The zero-order chi connectivity index (χ0) is 36.0. The summed E-state index contributed by atoms with van der Waals surface area (Å²) in [7, 11) is 0. The third-order valence-electron chi connectivity index (χ3n) is 11.2. The van der Waals surface area contributed by atoms with Crippen molar-refractivity contribution in [3.8, 4) is 56.4 Å². The van der Waals surface area contributed by atoms with Gasteiger partial charge in [-0.3, -0.25) is 4.98 Å². The molecule has 0 radical (unpaired) electrons. The lowest BCUT2D eigenvalue weighted by molar-refractivity contribution is 0.661. The van der Waals surface area contributed by atoms with E-state index >= 15 is 0 Å². The quantitative estimate of drug-likeness (QED) is 0.172. The van der Waals surface area contributed by atoms with Crippen LogP contribution >= 0.6 is 0 Å². The monoisotopic (exact) mass is 692 g/mol. The second-order valence-corrected chi connectivity index (χ2v) is 14.7. The topological polar surface area (TPSA) is 64.7 Å². The molecule has 0 amide bonds. The number of aromatic nitrogens is 4. The average molecular weight is 693 g/mol. The zero-order valence-corrected chi connectivity index (χ0v) is 29.7. The fraction of sp³-hybridized carbons (Fsp3) is 0.0612. The molecule has 1 aliphatic rings. The minimum absolute atomic E-state index is 0.0612. The number of hydrogen-bond donors (Lipinski definition) is 0. The maximum absolute atomic E-state index is 6.29. The molecule has 254 valence electrons. The van der Waals surface area contributed by atoms with Gasteiger partial charge in [0.2, 0.25) is 0 Å². The molecule has 7 aromatic carbocycles. The number of rotatable bonds is 4. The van der Waals surface area contributed by atoms with Crippen LogP contribution in [-0.2, 0) is 5.41 Å². The van der Waals surface area contributed by atoms with Crippen molar-refractivity contribution in [3.63, 3.8) is 0 Å². The first-order chi connectivity index (χ1) is 26.5. The third-order valence-corrected chi connectivity index (χ3v) is 11.2. The van der Waals surface area contributed by atoms with E-state index in [9.17, 15) is 0 Å². The van der Waals surface area contributed by atoms with Crippen molar-refractivity contribution in [3.05, 3.63) is 169 Å². The number of furan rings is 1. The SMILES string of the molecule is CC1(C)c2ccccc2-c2cc3c(ccc4ccc(-c5nc(-c6cccc(-c7cccnc7)c6)nc(-c6ccc7c(c6)oc6ccccc67)n5)cc43)cc21. The summed E-state index contributed by atoms with van der Waals surface area (Å²) in [6, 6.07) is 51.3. The second-order valence-electron chi connectivity index (χ2n) is 14.7. The van der Waals surface area contributed by atoms with Gasteiger partial charge in [0, 0.05) is 50.8 Å². The molecule has 0 fully saturated rings. The molecular weight excluding hydrogens is 661 g/mol. The van der Waals surface area contributed by atoms with Crippen molar-refractivity contribution >= 4 is 43.5 Å². The molecule has 0 aliphatic heterocycles. The first-order valence-corrected chi connectivity index (χ1v) is 18.3. The van der Waals surface area contributed by atoms with Crippen LogP contribution in [0.15, 0.2) is 162 Å². The summed E-state index contributed by atoms with van der Waals surface area (Å²) in [5.74, 6) is 1.79. The van der Waals surface area contributed by atoms with E-state index in [1.807, 2.05) is 42.6 Å². The van der Waals surface area contributed by atoms with E-state index in [0.717, 1.165) is 49.8 Å². The van der Waals surface area contributed by atoms with Crippen LogP contribution in [0, 0.1) is 0 Å². The molecule has 5 nitrogen and oxygen atoms in total. The summed E-state index contributed by atoms with van der Waals surface area (Å²) >= 11 is 0. The van der Waals surface area contributed by atoms with E-state index in [0.29, 0.717) is 17.5 Å². The van der Waals surface area contributed by atoms with Crippen LogP contribution in [0.5, 0.6) is 0 Å². The van der Waals surface area contributed by atoms with Gasteiger partial charge in [0.25, 0.3) is 0 Å². The first-order valence-electron chi connectivity index (χ1n) is 18.3. The minimum Gasteiger partial charge on any atom is -0.456 e. The van der Waals surface area contributed by atoms with E-state index in [4.69, 9.17) is 19.4 Å². The van der Waals surface area contributed by atoms with Crippen LogP contribution in [0.25, 0.3) is 99.9 Å². The molecule has 11 rings (SSSR count). The molecule has 10 aromatic rings. The van der Waals surface area contributed by atoms with E-state index in [1.54, 1.807) is 6.20 Å². The predicted molar refractivity (Wildman–Crippen MR) is 219 cm³/mol. The lowest BCUT2D eigenvalue weighted by atomic mass is 9.81. The summed E-state index contributed by atoms with van der Waals surface area (Å²) in [6.07, 6.45) is 3.66. The fourth-order valence-corrected chi connectivity index (χ4v) is 8.39. The lowest BCUT2D eigenvalue weighted by Gasteiger charge is -2.21. The van der Waals surface area contributed by atoms with Gasteiger partial charge in [0.1, 0.15) is 11.2 Å². The van der Waals surface area contributed by atoms with Crippen LogP contribution in [0.2, 0.25) is 0 Å². The van der Waals surface area contributed by atoms with Gasteiger partial charge < -0.3 is 4.42 Å². The predicted octanol–water partition coefficient (Wildman–Crippen LogP) is 12.4. The van der Waals surface area contributed by atoms with Crippen molar-refractivity contribution < 1.29 is 4.42 Å². The fourth-order valence-electron chi connectivity index (χ4n) is 8.39. The van der Waals surface area contributed by atoms with Gasteiger partial charge in [-0.2, -0.15) is 0 Å². The summed E-state index contributed by atoms with van der Waals surface area (Å²) < 4.78 is 6.29. The maximum Gasteiger partial charge on any atom is 0.164 e. The van der Waals surface area contributed by atoms with Gasteiger partial charge in [-0.25, -0.2) is 15.0 Å². The molecule has 0 unspecified atom stereocenters. The summed E-state index contributed by atoms with van der Waals surface area (Å²) in [5, 5.41) is 6.93. The van der Waals surface area contributed by atoms with Crippen LogP contribution in [0.3, 0.4) is 0 Å². The van der Waals surface area contributed by atoms with Gasteiger partial charge >= 0.3 is 0 Å². The lowest BCUT2D eigenvalue weighted by Crippen LogP contribution is -2.14. The van der Waals surface area contributed by atoms with Crippen LogP contribution in [0.4, 0.5) is 0 Å². The Bertz CT molecular complexity index is 3140. The third kappa shape index (κ3) is 4.72. The number of pyridine rings is 1. The number of nitrogens with zero attached hydrogens (tertiary/aromatic N) is 4. The van der Waals surface area contributed by atoms with Crippen LogP contribution in [-0.4, -0.2) is 19.9 Å². The Labute approximate surface area is 311 Å². The molecule has 0 saturated carbocycles. The van der Waals surface area contributed by atoms with Crippen LogP contribution in [0.1, 0.15) is 25.0 Å². The number of fused-ring (bicyclic) bond motifs is 9. The highest BCUT2D eigenvalue weighted by atomic mass is 16.3. The average Bonchev–Trinajstić information content (AvgIpc) is 3.71. The highest BCUT2D eigenvalue weighted by molar-refractivity contribution is 6.11. The largest absolute Gasteiger partial charge is 0.456 e. The Hall–Kier alpha value is -6.98. The molecular formula is C49H32N4O. The molecule has 1 aliphatic carbocycles. The number of benzene rings is 7. The molecule has 5 heteroatoms. The van der Waals surface area contributed by atoms with Crippen molar-refractivity contribution in [1.29, 1.82) is 0 Å². The zero-order valence-electron chi connectivity index (χ0n) is 29.7. The molecule has 0 spiro atoms. The van der Waals surface area contributed by atoms with Gasteiger partial charge in [-0.15, -0.1) is 0 Å². The Morgan fingerprint density at radius 1 is 0.426 bits per heavy atom. The molecule has 0 bridgehead atoms.